The SMILES string of the molecule is CCOc1ncccc1C(=O)N(C)c1ccccc1. The molecule has 0 unspecified atom stereocenters. The molecule has 0 N–H and O–H groups in total. The van der Waals surface area contributed by atoms with Crippen LogP contribution in [-0.4, -0.2) is 24.5 Å². The number of carbonyl (C=O) groups excluding carboxylic acids is 1. The van der Waals surface area contributed by atoms with Crippen LogP contribution in [0.3, 0.4) is 0 Å². The fraction of sp³-hybridized carbons (Fsp3) is 0.200. The summed E-state index contributed by atoms with van der Waals surface area (Å²) in [6, 6.07) is 12.9. The largest absolute Gasteiger partial charge is 0.477 e. The summed E-state index contributed by atoms with van der Waals surface area (Å²) in [4.78, 5) is 18.1. The zero-order valence-electron chi connectivity index (χ0n) is 11.0. The van der Waals surface area contributed by atoms with E-state index in [4.69, 9.17) is 4.74 Å². The zero-order valence-corrected chi connectivity index (χ0v) is 11.0. The van der Waals surface area contributed by atoms with Gasteiger partial charge >= 0.3 is 0 Å². The molecule has 0 fully saturated rings. The van der Waals surface area contributed by atoms with E-state index in [9.17, 15) is 4.79 Å². The molecule has 19 heavy (non-hydrogen) atoms. The molecule has 0 aliphatic heterocycles. The van der Waals surface area contributed by atoms with E-state index in [0.717, 1.165) is 5.69 Å². The highest BCUT2D eigenvalue weighted by molar-refractivity contribution is 6.07. The molecule has 0 aliphatic carbocycles. The number of ether oxygens (including phenoxy) is 1. The maximum absolute atomic E-state index is 12.4. The number of nitrogens with zero attached hydrogens (tertiary/aromatic N) is 2. The molecule has 0 aliphatic rings. The van der Waals surface area contributed by atoms with Crippen LogP contribution >= 0.6 is 0 Å². The van der Waals surface area contributed by atoms with Crippen LogP contribution in [0.15, 0.2) is 48.7 Å². The van der Waals surface area contributed by atoms with E-state index in [0.29, 0.717) is 18.1 Å². The molecule has 1 aromatic heterocycles. The predicted molar refractivity (Wildman–Crippen MR) is 74.6 cm³/mol. The lowest BCUT2D eigenvalue weighted by Gasteiger charge is -2.18. The van der Waals surface area contributed by atoms with Crippen molar-refractivity contribution in [1.29, 1.82) is 0 Å². The van der Waals surface area contributed by atoms with Crippen molar-refractivity contribution in [2.75, 3.05) is 18.6 Å². The Morgan fingerprint density at radius 1 is 1.21 bits per heavy atom. The number of anilines is 1. The molecule has 98 valence electrons. The second-order valence-electron chi connectivity index (χ2n) is 3.99. The van der Waals surface area contributed by atoms with Crippen LogP contribution in [0, 0.1) is 0 Å². The van der Waals surface area contributed by atoms with Gasteiger partial charge in [-0.3, -0.25) is 4.79 Å². The first-order valence-electron chi connectivity index (χ1n) is 6.15. The number of carbonyl (C=O) groups is 1. The number of hydrogen-bond acceptors (Lipinski definition) is 3. The van der Waals surface area contributed by atoms with E-state index in [2.05, 4.69) is 4.98 Å². The van der Waals surface area contributed by atoms with E-state index in [-0.39, 0.29) is 5.91 Å². The molecule has 0 saturated carbocycles. The molecule has 0 atom stereocenters. The quantitative estimate of drug-likeness (QED) is 0.844. The summed E-state index contributed by atoms with van der Waals surface area (Å²) in [6.07, 6.45) is 1.62. The minimum absolute atomic E-state index is 0.136. The van der Waals surface area contributed by atoms with Gasteiger partial charge in [0.25, 0.3) is 5.91 Å². The molecule has 1 aromatic carbocycles. The van der Waals surface area contributed by atoms with Crippen LogP contribution in [0.1, 0.15) is 17.3 Å². The third-order valence-corrected chi connectivity index (χ3v) is 2.73. The Labute approximate surface area is 112 Å². The molecule has 0 bridgehead atoms. The van der Waals surface area contributed by atoms with Gasteiger partial charge in [0, 0.05) is 18.9 Å². The van der Waals surface area contributed by atoms with Crippen LogP contribution in [0.25, 0.3) is 0 Å². The second-order valence-corrected chi connectivity index (χ2v) is 3.99. The maximum atomic E-state index is 12.4. The number of pyridine rings is 1. The monoisotopic (exact) mass is 256 g/mol. The first-order chi connectivity index (χ1) is 9.24. The summed E-state index contributed by atoms with van der Waals surface area (Å²) in [5.41, 5.74) is 1.30. The molecule has 0 radical (unpaired) electrons. The average Bonchev–Trinajstić information content (AvgIpc) is 2.47. The number of para-hydroxylation sites is 1. The molecular formula is C15H16N2O2. The zero-order chi connectivity index (χ0) is 13.7. The van der Waals surface area contributed by atoms with Gasteiger partial charge in [0.05, 0.1) is 6.61 Å². The Hall–Kier alpha value is -2.36. The minimum Gasteiger partial charge on any atom is -0.477 e. The summed E-state index contributed by atoms with van der Waals surface area (Å²) in [7, 11) is 1.74. The van der Waals surface area contributed by atoms with Crippen molar-refractivity contribution in [3.63, 3.8) is 0 Å². The Balaban J connectivity index is 2.29. The molecule has 4 heteroatoms. The average molecular weight is 256 g/mol. The highest BCUT2D eigenvalue weighted by atomic mass is 16.5. The van der Waals surface area contributed by atoms with Crippen molar-refractivity contribution in [2.45, 2.75) is 6.92 Å². The van der Waals surface area contributed by atoms with Gasteiger partial charge in [-0.05, 0) is 31.2 Å². The normalized spacial score (nSPS) is 10.0. The summed E-state index contributed by atoms with van der Waals surface area (Å²) in [5, 5.41) is 0. The fourth-order valence-corrected chi connectivity index (χ4v) is 1.75. The van der Waals surface area contributed by atoms with Gasteiger partial charge < -0.3 is 9.64 Å². The van der Waals surface area contributed by atoms with Gasteiger partial charge in [0.15, 0.2) is 0 Å². The van der Waals surface area contributed by atoms with Crippen LogP contribution in [-0.2, 0) is 0 Å². The van der Waals surface area contributed by atoms with Crippen molar-refractivity contribution in [2.24, 2.45) is 0 Å². The number of benzene rings is 1. The van der Waals surface area contributed by atoms with Gasteiger partial charge in [0.1, 0.15) is 5.56 Å². The van der Waals surface area contributed by atoms with Gasteiger partial charge in [0.2, 0.25) is 5.88 Å². The van der Waals surface area contributed by atoms with E-state index < -0.39 is 0 Å². The van der Waals surface area contributed by atoms with Crippen molar-refractivity contribution < 1.29 is 9.53 Å². The van der Waals surface area contributed by atoms with E-state index in [1.807, 2.05) is 37.3 Å². The Bertz CT molecular complexity index is 555. The molecule has 4 nitrogen and oxygen atoms in total. The smallest absolute Gasteiger partial charge is 0.263 e. The van der Waals surface area contributed by atoms with Crippen molar-refractivity contribution in [3.05, 3.63) is 54.2 Å². The Kier molecular flexibility index (Phi) is 4.13. The molecule has 1 heterocycles. The maximum Gasteiger partial charge on any atom is 0.263 e. The summed E-state index contributed by atoms with van der Waals surface area (Å²) < 4.78 is 5.39. The summed E-state index contributed by atoms with van der Waals surface area (Å²) >= 11 is 0. The van der Waals surface area contributed by atoms with Crippen LogP contribution < -0.4 is 9.64 Å². The Morgan fingerprint density at radius 2 is 1.95 bits per heavy atom. The lowest BCUT2D eigenvalue weighted by atomic mass is 10.2. The molecule has 1 amide bonds. The van der Waals surface area contributed by atoms with Crippen LogP contribution in [0.4, 0.5) is 5.69 Å². The molecule has 2 aromatic rings. The number of aromatic nitrogens is 1. The van der Waals surface area contributed by atoms with Crippen LogP contribution in [0.5, 0.6) is 5.88 Å². The minimum atomic E-state index is -0.136. The van der Waals surface area contributed by atoms with Crippen LogP contribution in [0.2, 0.25) is 0 Å². The van der Waals surface area contributed by atoms with Gasteiger partial charge in [-0.25, -0.2) is 4.98 Å². The van der Waals surface area contributed by atoms with E-state index >= 15 is 0 Å². The van der Waals surface area contributed by atoms with Crippen molar-refractivity contribution in [1.82, 2.24) is 4.98 Å². The summed E-state index contributed by atoms with van der Waals surface area (Å²) in [5.74, 6) is 0.237. The first-order valence-corrected chi connectivity index (χ1v) is 6.15. The van der Waals surface area contributed by atoms with Crippen molar-refractivity contribution in [3.8, 4) is 5.88 Å². The van der Waals surface area contributed by atoms with Gasteiger partial charge in [-0.2, -0.15) is 0 Å². The predicted octanol–water partition coefficient (Wildman–Crippen LogP) is 2.76. The van der Waals surface area contributed by atoms with E-state index in [1.165, 1.54) is 0 Å². The molecule has 0 spiro atoms. The lowest BCUT2D eigenvalue weighted by molar-refractivity contribution is 0.0988. The third kappa shape index (κ3) is 2.91. The highest BCUT2D eigenvalue weighted by Gasteiger charge is 2.18. The lowest BCUT2D eigenvalue weighted by Crippen LogP contribution is -2.26. The first kappa shape index (κ1) is 13.1. The van der Waals surface area contributed by atoms with Crippen molar-refractivity contribution >= 4 is 11.6 Å². The number of amides is 1. The standard InChI is InChI=1S/C15H16N2O2/c1-3-19-14-13(10-7-11-16-14)15(18)17(2)12-8-5-4-6-9-12/h4-11H,3H2,1-2H3. The van der Waals surface area contributed by atoms with E-state index in [1.54, 1.807) is 30.3 Å². The van der Waals surface area contributed by atoms with Gasteiger partial charge in [-0.1, -0.05) is 18.2 Å². The fourth-order valence-electron chi connectivity index (χ4n) is 1.75. The Morgan fingerprint density at radius 3 is 2.63 bits per heavy atom. The van der Waals surface area contributed by atoms with Gasteiger partial charge in [-0.15, -0.1) is 0 Å². The number of hydrogen-bond donors (Lipinski definition) is 0. The molecule has 0 saturated heterocycles. The molecule has 2 rings (SSSR count). The second kappa shape index (κ2) is 6.00. The topological polar surface area (TPSA) is 42.4 Å². The highest BCUT2D eigenvalue weighted by Crippen LogP contribution is 2.20. The molecular weight excluding hydrogens is 240 g/mol. The third-order valence-electron chi connectivity index (χ3n) is 2.73. The number of rotatable bonds is 4. The summed E-state index contributed by atoms with van der Waals surface area (Å²) in [6.45, 7) is 2.34.